The minimum absolute atomic E-state index is 0.259. The molecule has 0 fully saturated rings. The van der Waals surface area contributed by atoms with Crippen LogP contribution >= 0.6 is 11.6 Å². The van der Waals surface area contributed by atoms with Gasteiger partial charge in [0.25, 0.3) is 0 Å². The zero-order valence-corrected chi connectivity index (χ0v) is 12.2. The minimum atomic E-state index is -3.19. The first-order chi connectivity index (χ1) is 8.88. The molecule has 0 saturated heterocycles. The summed E-state index contributed by atoms with van der Waals surface area (Å²) in [6, 6.07) is 1.84. The quantitative estimate of drug-likeness (QED) is 0.844. The molecule has 0 spiro atoms. The first-order valence-electron chi connectivity index (χ1n) is 5.77. The minimum Gasteiger partial charge on any atom is -0.325 e. The van der Waals surface area contributed by atoms with Crippen LogP contribution in [0.5, 0.6) is 0 Å². The van der Waals surface area contributed by atoms with Crippen LogP contribution in [0, 0.1) is 0 Å². The molecule has 1 atom stereocenters. The van der Waals surface area contributed by atoms with Gasteiger partial charge in [-0.05, 0) is 13.0 Å². The number of alkyl halides is 1. The van der Waals surface area contributed by atoms with Gasteiger partial charge in [-0.1, -0.05) is 0 Å². The molecule has 104 valence electrons. The van der Waals surface area contributed by atoms with E-state index in [0.29, 0.717) is 18.9 Å². The van der Waals surface area contributed by atoms with Crippen molar-refractivity contribution in [3.8, 4) is 0 Å². The van der Waals surface area contributed by atoms with Crippen LogP contribution in [-0.2, 0) is 16.6 Å². The Labute approximate surface area is 116 Å². The predicted molar refractivity (Wildman–Crippen MR) is 74.6 cm³/mol. The molecule has 0 saturated carbocycles. The number of imidazole rings is 1. The van der Waals surface area contributed by atoms with Crippen molar-refractivity contribution in [2.24, 2.45) is 0 Å². The predicted octanol–water partition coefficient (Wildman–Crippen LogP) is 1.28. The number of aromatic nitrogens is 3. The largest absolute Gasteiger partial charge is 0.325 e. The monoisotopic (exact) mass is 302 g/mol. The molecule has 0 amide bonds. The second kappa shape index (κ2) is 5.44. The van der Waals surface area contributed by atoms with Gasteiger partial charge in [0.05, 0.1) is 23.3 Å². The molecular formula is C11H15ClN4O2S. The number of hydrogen-bond donors (Lipinski definition) is 1. The molecule has 0 bridgehead atoms. The second-order valence-corrected chi connectivity index (χ2v) is 6.76. The molecule has 8 heteroatoms. The summed E-state index contributed by atoms with van der Waals surface area (Å²) in [6.45, 7) is 2.60. The van der Waals surface area contributed by atoms with Crippen molar-refractivity contribution in [3.05, 3.63) is 24.3 Å². The summed E-state index contributed by atoms with van der Waals surface area (Å²) in [5.41, 5.74) is 1.65. The van der Waals surface area contributed by atoms with Crippen molar-refractivity contribution in [1.82, 2.24) is 19.3 Å². The zero-order valence-electron chi connectivity index (χ0n) is 10.7. The number of fused-ring (bicyclic) bond motifs is 1. The summed E-state index contributed by atoms with van der Waals surface area (Å²) < 4.78 is 26.5. The van der Waals surface area contributed by atoms with Gasteiger partial charge in [-0.3, -0.25) is 4.98 Å². The standard InChI is InChI=1S/C11H15ClN4O2S/c1-8(12)11-15-9-7-13-4-3-10(9)16(11)6-5-14-19(2,17)18/h3-4,7-8,14H,5-6H2,1-2H3. The van der Waals surface area contributed by atoms with Gasteiger partial charge in [-0.2, -0.15) is 0 Å². The maximum Gasteiger partial charge on any atom is 0.208 e. The maximum atomic E-state index is 11.1. The van der Waals surface area contributed by atoms with E-state index in [4.69, 9.17) is 11.6 Å². The lowest BCUT2D eigenvalue weighted by Crippen LogP contribution is -2.26. The Morgan fingerprint density at radius 3 is 2.89 bits per heavy atom. The highest BCUT2D eigenvalue weighted by molar-refractivity contribution is 7.88. The lowest BCUT2D eigenvalue weighted by molar-refractivity contribution is 0.577. The molecule has 2 aromatic heterocycles. The van der Waals surface area contributed by atoms with Crippen molar-refractivity contribution >= 4 is 32.7 Å². The second-order valence-electron chi connectivity index (χ2n) is 4.27. The Balaban J connectivity index is 2.31. The maximum absolute atomic E-state index is 11.1. The summed E-state index contributed by atoms with van der Waals surface area (Å²) in [4.78, 5) is 8.43. The molecule has 0 aliphatic rings. The van der Waals surface area contributed by atoms with Crippen LogP contribution in [0.1, 0.15) is 18.1 Å². The summed E-state index contributed by atoms with van der Waals surface area (Å²) in [5, 5.41) is -0.259. The van der Waals surface area contributed by atoms with E-state index in [-0.39, 0.29) is 5.38 Å². The Bertz CT molecular complexity index is 681. The lowest BCUT2D eigenvalue weighted by atomic mass is 10.4. The first-order valence-corrected chi connectivity index (χ1v) is 8.10. The fourth-order valence-corrected chi connectivity index (χ4v) is 2.51. The number of pyridine rings is 1. The van der Waals surface area contributed by atoms with E-state index in [2.05, 4.69) is 14.7 Å². The SMILES string of the molecule is CC(Cl)c1nc2cnccc2n1CCNS(C)(=O)=O. The molecule has 0 aliphatic carbocycles. The van der Waals surface area contributed by atoms with Crippen LogP contribution in [0.3, 0.4) is 0 Å². The highest BCUT2D eigenvalue weighted by atomic mass is 35.5. The van der Waals surface area contributed by atoms with Gasteiger partial charge in [0.2, 0.25) is 10.0 Å². The number of hydrogen-bond acceptors (Lipinski definition) is 4. The third-order valence-electron chi connectivity index (χ3n) is 2.64. The number of sulfonamides is 1. The first kappa shape index (κ1) is 14.2. The molecule has 2 heterocycles. The molecule has 0 aromatic carbocycles. The molecule has 1 N–H and O–H groups in total. The molecule has 0 radical (unpaired) electrons. The average Bonchev–Trinajstić information content (AvgIpc) is 2.67. The number of halogens is 1. The zero-order chi connectivity index (χ0) is 14.0. The van der Waals surface area contributed by atoms with E-state index >= 15 is 0 Å². The molecule has 6 nitrogen and oxygen atoms in total. The van der Waals surface area contributed by atoms with Crippen LogP contribution in [-0.4, -0.2) is 35.8 Å². The number of rotatable bonds is 5. The van der Waals surface area contributed by atoms with Crippen LogP contribution in [0.15, 0.2) is 18.5 Å². The fraction of sp³-hybridized carbons (Fsp3) is 0.455. The number of nitrogens with one attached hydrogen (secondary N) is 1. The lowest BCUT2D eigenvalue weighted by Gasteiger charge is -2.10. The van der Waals surface area contributed by atoms with Crippen molar-refractivity contribution in [1.29, 1.82) is 0 Å². The highest BCUT2D eigenvalue weighted by Crippen LogP contribution is 2.23. The van der Waals surface area contributed by atoms with E-state index in [1.165, 1.54) is 0 Å². The van der Waals surface area contributed by atoms with Crippen LogP contribution in [0.4, 0.5) is 0 Å². The Morgan fingerprint density at radius 1 is 1.53 bits per heavy atom. The number of nitrogens with zero attached hydrogens (tertiary/aromatic N) is 3. The Morgan fingerprint density at radius 2 is 2.26 bits per heavy atom. The molecule has 0 aliphatic heterocycles. The topological polar surface area (TPSA) is 76.9 Å². The van der Waals surface area contributed by atoms with E-state index < -0.39 is 10.0 Å². The molecule has 1 unspecified atom stereocenters. The Hall–Kier alpha value is -1.18. The molecule has 2 aromatic rings. The molecule has 2 rings (SSSR count). The van der Waals surface area contributed by atoms with Crippen molar-refractivity contribution in [2.45, 2.75) is 18.8 Å². The van der Waals surface area contributed by atoms with E-state index in [0.717, 1.165) is 17.3 Å². The van der Waals surface area contributed by atoms with E-state index in [9.17, 15) is 8.42 Å². The van der Waals surface area contributed by atoms with Gasteiger partial charge in [0.1, 0.15) is 11.3 Å². The van der Waals surface area contributed by atoms with Gasteiger partial charge in [0.15, 0.2) is 0 Å². The summed E-state index contributed by atoms with van der Waals surface area (Å²) in [7, 11) is -3.19. The summed E-state index contributed by atoms with van der Waals surface area (Å²) in [6.07, 6.45) is 4.47. The van der Waals surface area contributed by atoms with Crippen LogP contribution in [0.2, 0.25) is 0 Å². The normalized spacial score (nSPS) is 13.8. The van der Waals surface area contributed by atoms with Crippen molar-refractivity contribution in [3.63, 3.8) is 0 Å². The van der Waals surface area contributed by atoms with E-state index in [1.54, 1.807) is 12.4 Å². The van der Waals surface area contributed by atoms with Gasteiger partial charge in [-0.15, -0.1) is 11.6 Å². The summed E-state index contributed by atoms with van der Waals surface area (Å²) >= 11 is 6.11. The Kier molecular flexibility index (Phi) is 4.07. The molecular weight excluding hydrogens is 288 g/mol. The third-order valence-corrected chi connectivity index (χ3v) is 3.56. The fourth-order valence-electron chi connectivity index (χ4n) is 1.88. The van der Waals surface area contributed by atoms with Crippen molar-refractivity contribution in [2.75, 3.05) is 12.8 Å². The van der Waals surface area contributed by atoms with E-state index in [1.807, 2.05) is 17.6 Å². The molecule has 19 heavy (non-hydrogen) atoms. The third kappa shape index (κ3) is 3.43. The van der Waals surface area contributed by atoms with Gasteiger partial charge < -0.3 is 4.57 Å². The van der Waals surface area contributed by atoms with Crippen LogP contribution < -0.4 is 4.72 Å². The van der Waals surface area contributed by atoms with Crippen molar-refractivity contribution < 1.29 is 8.42 Å². The highest BCUT2D eigenvalue weighted by Gasteiger charge is 2.14. The smallest absolute Gasteiger partial charge is 0.208 e. The van der Waals surface area contributed by atoms with Crippen LogP contribution in [0.25, 0.3) is 11.0 Å². The van der Waals surface area contributed by atoms with Gasteiger partial charge in [0, 0.05) is 19.3 Å². The van der Waals surface area contributed by atoms with Gasteiger partial charge >= 0.3 is 0 Å². The summed E-state index contributed by atoms with van der Waals surface area (Å²) in [5.74, 6) is 0.708. The average molecular weight is 303 g/mol. The van der Waals surface area contributed by atoms with Gasteiger partial charge in [-0.25, -0.2) is 18.1 Å².